The molecule has 0 spiro atoms. The molecule has 1 fully saturated rings. The minimum atomic E-state index is -4.64. The molecule has 31 heavy (non-hydrogen) atoms. The fourth-order valence-corrected chi connectivity index (χ4v) is 4.51. The van der Waals surface area contributed by atoms with Crippen LogP contribution in [0.5, 0.6) is 0 Å². The molecule has 3 rings (SSSR count). The normalized spacial score (nSPS) is 23.5. The maximum atomic E-state index is 13.0. The standard InChI is InChI=1S/C20H23Cl2F3N4O2/c1-12-16(22)17(20(23,24)25)27-29(12)11-15(30)28-9-7-19(8-10-28,18(31)26-2)13-3-5-14(21)6-4-13/h3-6,12,16H,7-11H2,1-2H3,(H,26,31). The molecule has 1 aromatic carbocycles. The quantitative estimate of drug-likeness (QED) is 0.675. The molecule has 0 radical (unpaired) electrons. The number of benzene rings is 1. The molecule has 2 unspecified atom stereocenters. The van der Waals surface area contributed by atoms with E-state index in [0.29, 0.717) is 17.9 Å². The summed E-state index contributed by atoms with van der Waals surface area (Å²) in [5.41, 5.74) is -1.09. The third-order valence-corrected chi connectivity index (χ3v) is 6.83. The summed E-state index contributed by atoms with van der Waals surface area (Å²) in [5.74, 6) is -0.510. The number of amides is 2. The SMILES string of the molecule is CNC(=O)C1(c2ccc(Cl)cc2)CCN(C(=O)CN2N=C(C(F)(F)F)C(Cl)C2C)CC1. The molecule has 2 amide bonds. The number of alkyl halides is 4. The summed E-state index contributed by atoms with van der Waals surface area (Å²) >= 11 is 11.8. The van der Waals surface area contributed by atoms with Gasteiger partial charge in [0, 0.05) is 25.2 Å². The van der Waals surface area contributed by atoms with Crippen molar-refractivity contribution >= 4 is 40.7 Å². The van der Waals surface area contributed by atoms with Crippen molar-refractivity contribution in [3.63, 3.8) is 0 Å². The van der Waals surface area contributed by atoms with Crippen molar-refractivity contribution in [1.82, 2.24) is 15.2 Å². The van der Waals surface area contributed by atoms with E-state index in [1.54, 1.807) is 36.2 Å². The number of likely N-dealkylation sites (tertiary alicyclic amines) is 1. The van der Waals surface area contributed by atoms with Crippen molar-refractivity contribution in [1.29, 1.82) is 0 Å². The third-order valence-electron chi connectivity index (χ3n) is 6.01. The van der Waals surface area contributed by atoms with Gasteiger partial charge in [0.1, 0.15) is 11.9 Å². The topological polar surface area (TPSA) is 65.0 Å². The van der Waals surface area contributed by atoms with E-state index >= 15 is 0 Å². The molecule has 170 valence electrons. The largest absolute Gasteiger partial charge is 0.432 e. The zero-order valence-electron chi connectivity index (χ0n) is 17.0. The Morgan fingerprint density at radius 2 is 1.81 bits per heavy atom. The van der Waals surface area contributed by atoms with Gasteiger partial charge in [-0.1, -0.05) is 23.7 Å². The van der Waals surface area contributed by atoms with E-state index in [4.69, 9.17) is 23.2 Å². The summed E-state index contributed by atoms with van der Waals surface area (Å²) < 4.78 is 39.1. The first-order chi connectivity index (χ1) is 14.5. The van der Waals surface area contributed by atoms with Gasteiger partial charge in [-0.25, -0.2) is 0 Å². The van der Waals surface area contributed by atoms with Gasteiger partial charge in [-0.3, -0.25) is 14.6 Å². The average Bonchev–Trinajstić information content (AvgIpc) is 3.02. The maximum Gasteiger partial charge on any atom is 0.432 e. The first-order valence-corrected chi connectivity index (χ1v) is 10.6. The Hall–Kier alpha value is -2.00. The number of hydrogen-bond acceptors (Lipinski definition) is 4. The maximum absolute atomic E-state index is 13.0. The Bertz CT molecular complexity index is 868. The molecule has 0 aromatic heterocycles. The second-order valence-electron chi connectivity index (χ2n) is 7.77. The van der Waals surface area contributed by atoms with Crippen LogP contribution in [0.1, 0.15) is 25.3 Å². The van der Waals surface area contributed by atoms with Crippen molar-refractivity contribution in [3.8, 4) is 0 Å². The average molecular weight is 479 g/mol. The van der Waals surface area contributed by atoms with Gasteiger partial charge in [0.2, 0.25) is 11.8 Å². The molecule has 0 aliphatic carbocycles. The minimum Gasteiger partial charge on any atom is -0.358 e. The smallest absolute Gasteiger partial charge is 0.358 e. The van der Waals surface area contributed by atoms with Crippen molar-refractivity contribution in [2.24, 2.45) is 5.10 Å². The molecule has 0 saturated carbocycles. The summed E-state index contributed by atoms with van der Waals surface area (Å²) in [5, 5.41) is 6.56. The zero-order valence-corrected chi connectivity index (χ0v) is 18.6. The fraction of sp³-hybridized carbons (Fsp3) is 0.550. The van der Waals surface area contributed by atoms with E-state index in [0.717, 1.165) is 10.6 Å². The molecule has 0 bridgehead atoms. The van der Waals surface area contributed by atoms with Crippen LogP contribution in [0, 0.1) is 0 Å². The van der Waals surface area contributed by atoms with Crippen molar-refractivity contribution in [3.05, 3.63) is 34.9 Å². The summed E-state index contributed by atoms with van der Waals surface area (Å²) in [6, 6.07) is 6.27. The van der Waals surface area contributed by atoms with Gasteiger partial charge in [-0.2, -0.15) is 18.3 Å². The summed E-state index contributed by atoms with van der Waals surface area (Å²) in [4.78, 5) is 27.1. The van der Waals surface area contributed by atoms with E-state index in [-0.39, 0.29) is 31.4 Å². The lowest BCUT2D eigenvalue weighted by Gasteiger charge is -2.41. The highest BCUT2D eigenvalue weighted by Crippen LogP contribution is 2.37. The highest BCUT2D eigenvalue weighted by Gasteiger charge is 2.49. The van der Waals surface area contributed by atoms with E-state index < -0.39 is 28.7 Å². The van der Waals surface area contributed by atoms with Crippen LogP contribution in [-0.4, -0.2) is 71.7 Å². The lowest BCUT2D eigenvalue weighted by molar-refractivity contribution is -0.137. The third kappa shape index (κ3) is 4.62. The van der Waals surface area contributed by atoms with Crippen LogP contribution in [-0.2, 0) is 15.0 Å². The van der Waals surface area contributed by atoms with Gasteiger partial charge in [0.15, 0.2) is 5.71 Å². The van der Waals surface area contributed by atoms with Crippen LogP contribution in [0.3, 0.4) is 0 Å². The number of hydrazone groups is 1. The number of piperidine rings is 1. The second kappa shape index (κ2) is 8.86. The highest BCUT2D eigenvalue weighted by atomic mass is 35.5. The summed E-state index contributed by atoms with van der Waals surface area (Å²) in [6.45, 7) is 1.77. The lowest BCUT2D eigenvalue weighted by atomic mass is 9.72. The highest BCUT2D eigenvalue weighted by molar-refractivity contribution is 6.34. The Kier molecular flexibility index (Phi) is 6.76. The summed E-state index contributed by atoms with van der Waals surface area (Å²) in [6.07, 6.45) is -3.88. The molecule has 11 heteroatoms. The number of nitrogens with zero attached hydrogens (tertiary/aromatic N) is 3. The Balaban J connectivity index is 1.70. The molecule has 1 aromatic rings. The van der Waals surface area contributed by atoms with Crippen LogP contribution in [0.4, 0.5) is 13.2 Å². The number of nitrogens with one attached hydrogen (secondary N) is 1. The van der Waals surface area contributed by atoms with Crippen LogP contribution >= 0.6 is 23.2 Å². The van der Waals surface area contributed by atoms with Crippen LogP contribution in [0.15, 0.2) is 29.4 Å². The lowest BCUT2D eigenvalue weighted by Crippen LogP contribution is -2.53. The molecular formula is C20H23Cl2F3N4O2. The van der Waals surface area contributed by atoms with Crippen LogP contribution in [0.2, 0.25) is 5.02 Å². The molecular weight excluding hydrogens is 456 g/mol. The first-order valence-electron chi connectivity index (χ1n) is 9.82. The van der Waals surface area contributed by atoms with Gasteiger partial charge in [0.05, 0.1) is 11.5 Å². The van der Waals surface area contributed by atoms with E-state index in [1.165, 1.54) is 6.92 Å². The van der Waals surface area contributed by atoms with Gasteiger partial charge in [-0.15, -0.1) is 11.6 Å². The van der Waals surface area contributed by atoms with E-state index in [1.807, 2.05) is 0 Å². The second-order valence-corrected chi connectivity index (χ2v) is 8.68. The number of halogens is 5. The number of hydrogen-bond donors (Lipinski definition) is 1. The van der Waals surface area contributed by atoms with Gasteiger partial charge < -0.3 is 10.2 Å². The van der Waals surface area contributed by atoms with Crippen molar-refractivity contribution in [2.45, 2.75) is 42.8 Å². The zero-order chi connectivity index (χ0) is 23.0. The monoisotopic (exact) mass is 478 g/mol. The van der Waals surface area contributed by atoms with Crippen molar-refractivity contribution < 1.29 is 22.8 Å². The minimum absolute atomic E-state index is 0.153. The van der Waals surface area contributed by atoms with Crippen molar-refractivity contribution in [2.75, 3.05) is 26.7 Å². The van der Waals surface area contributed by atoms with Gasteiger partial charge in [-0.05, 0) is 37.5 Å². The number of likely N-dealkylation sites (N-methyl/N-ethyl adjacent to an activating group) is 1. The van der Waals surface area contributed by atoms with Gasteiger partial charge in [0.25, 0.3) is 0 Å². The van der Waals surface area contributed by atoms with Crippen LogP contribution < -0.4 is 5.32 Å². The molecule has 6 nitrogen and oxygen atoms in total. The summed E-state index contributed by atoms with van der Waals surface area (Å²) in [7, 11) is 1.56. The Labute approximate surface area is 188 Å². The molecule has 1 saturated heterocycles. The number of carbonyl (C=O) groups is 2. The first kappa shape index (κ1) is 23.7. The van der Waals surface area contributed by atoms with Crippen LogP contribution in [0.25, 0.3) is 0 Å². The molecule has 2 heterocycles. The predicted octanol–water partition coefficient (Wildman–Crippen LogP) is 3.18. The number of carbonyl (C=O) groups excluding carboxylic acids is 2. The van der Waals surface area contributed by atoms with E-state index in [2.05, 4.69) is 10.4 Å². The molecule has 1 N–H and O–H groups in total. The Morgan fingerprint density at radius 1 is 1.23 bits per heavy atom. The van der Waals surface area contributed by atoms with E-state index in [9.17, 15) is 22.8 Å². The predicted molar refractivity (Wildman–Crippen MR) is 112 cm³/mol. The fourth-order valence-electron chi connectivity index (χ4n) is 4.09. The number of rotatable bonds is 4. The Morgan fingerprint density at radius 3 is 2.29 bits per heavy atom. The molecule has 2 atom stereocenters. The van der Waals surface area contributed by atoms with Gasteiger partial charge >= 0.3 is 6.18 Å². The molecule has 2 aliphatic heterocycles. The molecule has 2 aliphatic rings.